The summed E-state index contributed by atoms with van der Waals surface area (Å²) in [5.41, 5.74) is 2.12. The maximum Gasteiger partial charge on any atom is 0.414 e. The average molecular weight is 786 g/mol. The number of para-hydroxylation sites is 1. The Morgan fingerprint density at radius 3 is 1.57 bits per heavy atom. The molecule has 0 unspecified atom stereocenters. The Bertz CT molecular complexity index is 1320. The number of rotatable bonds is 32. The summed E-state index contributed by atoms with van der Waals surface area (Å²) in [6.07, 6.45) is 18.7. The Balaban J connectivity index is 0.00000241. The van der Waals surface area contributed by atoms with Gasteiger partial charge in [-0.15, -0.1) is 0 Å². The van der Waals surface area contributed by atoms with Gasteiger partial charge in [0.25, 0.3) is 0 Å². The average Bonchev–Trinajstić information content (AvgIpc) is 3.18. The van der Waals surface area contributed by atoms with Crippen molar-refractivity contribution < 1.29 is 39.2 Å². The first-order valence-corrected chi connectivity index (χ1v) is 20.7. The zero-order chi connectivity index (χ0) is 41.1. The maximum absolute atomic E-state index is 12.8. The fourth-order valence-electron chi connectivity index (χ4n) is 6.02. The molecular formula is C43H71N5O8. The minimum atomic E-state index is -1.82. The van der Waals surface area contributed by atoms with Crippen molar-refractivity contribution in [1.82, 2.24) is 26.6 Å². The van der Waals surface area contributed by atoms with Crippen LogP contribution >= 0.6 is 0 Å². The second-order valence-corrected chi connectivity index (χ2v) is 14.1. The summed E-state index contributed by atoms with van der Waals surface area (Å²) in [5, 5.41) is 40.9. The summed E-state index contributed by atoms with van der Waals surface area (Å²) >= 11 is 0. The van der Waals surface area contributed by atoms with Gasteiger partial charge in [0.05, 0.1) is 7.11 Å². The molecule has 2 aromatic rings. The van der Waals surface area contributed by atoms with Gasteiger partial charge in [0.2, 0.25) is 11.8 Å². The van der Waals surface area contributed by atoms with Crippen LogP contribution in [0.15, 0.2) is 48.5 Å². The molecule has 13 heteroatoms. The largest absolute Gasteiger partial charge is 0.508 e. The molecule has 13 nitrogen and oxygen atoms in total. The minimum absolute atomic E-state index is 0.110. The molecule has 0 aliphatic carbocycles. The molecule has 0 radical (unpaired) electrons. The lowest BCUT2D eigenvalue weighted by Gasteiger charge is -2.19. The van der Waals surface area contributed by atoms with Crippen molar-refractivity contribution in [3.05, 3.63) is 59.7 Å². The Kier molecular flexibility index (Phi) is 30.3. The standard InChI is InChI=1S/C41H69N5O4.C2H2O4/c1-3-20-40(48)46-38(33-35-23-25-37(47)26-24-35)41(49)45-32-19-11-10-17-30-43-28-15-7-5-4-6-14-27-42-29-16-8-9-18-31-44-34-36-21-12-13-22-39(36)50-2;3-1(4)2(5)6/h12-13,21-26,38,42-44,47H,3-11,14-20,27-34H2,1-2H3,(H,45,49)(H,46,48);(H,3,4)(H,5,6)/t38-;/m0./s1. The molecule has 0 aliphatic heterocycles. The maximum atomic E-state index is 12.8. The van der Waals surface area contributed by atoms with Crippen molar-refractivity contribution in [2.45, 2.75) is 129 Å². The Morgan fingerprint density at radius 2 is 1.09 bits per heavy atom. The monoisotopic (exact) mass is 786 g/mol. The number of aromatic hydroxyl groups is 1. The van der Waals surface area contributed by atoms with E-state index in [4.69, 9.17) is 24.5 Å². The first-order chi connectivity index (χ1) is 27.2. The molecule has 0 saturated carbocycles. The Hall–Kier alpha value is -4.20. The van der Waals surface area contributed by atoms with Crippen molar-refractivity contribution in [2.24, 2.45) is 0 Å². The van der Waals surface area contributed by atoms with E-state index in [-0.39, 0.29) is 17.6 Å². The molecule has 0 fully saturated rings. The number of hydrogen-bond donors (Lipinski definition) is 8. The summed E-state index contributed by atoms with van der Waals surface area (Å²) < 4.78 is 5.41. The molecule has 316 valence electrons. The molecule has 0 saturated heterocycles. The van der Waals surface area contributed by atoms with Crippen LogP contribution in [0.3, 0.4) is 0 Å². The second kappa shape index (κ2) is 34.1. The molecule has 2 rings (SSSR count). The van der Waals surface area contributed by atoms with Crippen molar-refractivity contribution in [3.63, 3.8) is 0 Å². The number of carbonyl (C=O) groups is 4. The summed E-state index contributed by atoms with van der Waals surface area (Å²) in [6.45, 7) is 8.92. The highest BCUT2D eigenvalue weighted by Crippen LogP contribution is 2.17. The third-order valence-corrected chi connectivity index (χ3v) is 9.19. The molecule has 0 bridgehead atoms. The molecule has 1 atom stereocenters. The Morgan fingerprint density at radius 1 is 0.625 bits per heavy atom. The van der Waals surface area contributed by atoms with Gasteiger partial charge in [-0.05, 0) is 101 Å². The number of unbranched alkanes of at least 4 members (excludes halogenated alkanes) is 11. The normalized spacial score (nSPS) is 11.2. The molecular weight excluding hydrogens is 715 g/mol. The number of methoxy groups -OCH3 is 1. The third kappa shape index (κ3) is 27.4. The van der Waals surface area contributed by atoms with E-state index in [9.17, 15) is 14.7 Å². The van der Waals surface area contributed by atoms with Crippen LogP contribution in [0.25, 0.3) is 0 Å². The highest BCUT2D eigenvalue weighted by Gasteiger charge is 2.20. The third-order valence-electron chi connectivity index (χ3n) is 9.19. The van der Waals surface area contributed by atoms with Gasteiger partial charge in [-0.1, -0.05) is 88.6 Å². The van der Waals surface area contributed by atoms with Gasteiger partial charge in [-0.25, -0.2) is 9.59 Å². The van der Waals surface area contributed by atoms with Crippen LogP contribution in [0.1, 0.15) is 121 Å². The van der Waals surface area contributed by atoms with Crippen LogP contribution in [0.2, 0.25) is 0 Å². The van der Waals surface area contributed by atoms with E-state index >= 15 is 0 Å². The van der Waals surface area contributed by atoms with E-state index < -0.39 is 18.0 Å². The van der Waals surface area contributed by atoms with Crippen LogP contribution in [-0.2, 0) is 32.1 Å². The van der Waals surface area contributed by atoms with E-state index in [1.165, 1.54) is 69.8 Å². The van der Waals surface area contributed by atoms with Gasteiger partial charge in [-0.2, -0.15) is 0 Å². The highest BCUT2D eigenvalue weighted by atomic mass is 16.5. The zero-order valence-corrected chi connectivity index (χ0v) is 34.0. The van der Waals surface area contributed by atoms with Gasteiger partial charge < -0.3 is 46.6 Å². The van der Waals surface area contributed by atoms with Crippen molar-refractivity contribution in [2.75, 3.05) is 46.4 Å². The lowest BCUT2D eigenvalue weighted by Crippen LogP contribution is -2.48. The molecule has 0 aliphatic rings. The highest BCUT2D eigenvalue weighted by molar-refractivity contribution is 6.27. The molecule has 0 aromatic heterocycles. The number of benzene rings is 2. The zero-order valence-electron chi connectivity index (χ0n) is 34.0. The van der Waals surface area contributed by atoms with Gasteiger partial charge in [0.15, 0.2) is 0 Å². The topological polar surface area (TPSA) is 198 Å². The predicted molar refractivity (Wildman–Crippen MR) is 222 cm³/mol. The van der Waals surface area contributed by atoms with Crippen LogP contribution in [0, 0.1) is 0 Å². The fraction of sp³-hybridized carbons (Fsp3) is 0.628. The van der Waals surface area contributed by atoms with Gasteiger partial charge >= 0.3 is 11.9 Å². The van der Waals surface area contributed by atoms with Crippen LogP contribution in [-0.4, -0.2) is 91.5 Å². The number of carbonyl (C=O) groups excluding carboxylic acids is 2. The first-order valence-electron chi connectivity index (χ1n) is 20.7. The van der Waals surface area contributed by atoms with Crippen LogP contribution in [0.4, 0.5) is 0 Å². The number of phenolic OH excluding ortho intramolecular Hbond substituents is 1. The van der Waals surface area contributed by atoms with E-state index in [0.29, 0.717) is 19.4 Å². The molecule has 2 amide bonds. The van der Waals surface area contributed by atoms with Crippen LogP contribution < -0.4 is 31.3 Å². The molecule has 56 heavy (non-hydrogen) atoms. The van der Waals surface area contributed by atoms with E-state index in [2.05, 4.69) is 38.7 Å². The van der Waals surface area contributed by atoms with Crippen LogP contribution in [0.5, 0.6) is 11.5 Å². The summed E-state index contributed by atoms with van der Waals surface area (Å²) in [7, 11) is 1.73. The van der Waals surface area contributed by atoms with Gasteiger partial charge in [0, 0.05) is 31.5 Å². The molecule has 0 heterocycles. The number of phenols is 1. The Labute approximate surface area is 335 Å². The number of nitrogens with one attached hydrogen (secondary N) is 5. The number of ether oxygens (including phenoxy) is 1. The predicted octanol–water partition coefficient (Wildman–Crippen LogP) is 5.93. The quantitative estimate of drug-likeness (QED) is 0.0323. The SMILES string of the molecule is CCCC(=O)N[C@@H](Cc1ccc(O)cc1)C(=O)NCCCCCCNCCCCCCCCNCCCCCCNCc1ccccc1OC.O=C(O)C(=O)O. The minimum Gasteiger partial charge on any atom is -0.508 e. The van der Waals surface area contributed by atoms with Crippen molar-refractivity contribution in [1.29, 1.82) is 0 Å². The van der Waals surface area contributed by atoms with E-state index in [1.54, 1.807) is 31.4 Å². The lowest BCUT2D eigenvalue weighted by atomic mass is 10.0. The first kappa shape index (κ1) is 49.8. The molecule has 8 N–H and O–H groups in total. The fourth-order valence-corrected chi connectivity index (χ4v) is 6.02. The number of hydrogen-bond acceptors (Lipinski definition) is 9. The van der Waals surface area contributed by atoms with Gasteiger partial charge in [0.1, 0.15) is 17.5 Å². The lowest BCUT2D eigenvalue weighted by molar-refractivity contribution is -0.159. The summed E-state index contributed by atoms with van der Waals surface area (Å²) in [5.74, 6) is -2.76. The smallest absolute Gasteiger partial charge is 0.414 e. The van der Waals surface area contributed by atoms with E-state index in [1.807, 2.05) is 19.1 Å². The van der Waals surface area contributed by atoms with Gasteiger partial charge in [-0.3, -0.25) is 9.59 Å². The second-order valence-electron chi connectivity index (χ2n) is 14.1. The summed E-state index contributed by atoms with van der Waals surface area (Å²) in [6, 6.07) is 14.4. The number of amides is 2. The van der Waals surface area contributed by atoms with Crippen molar-refractivity contribution in [3.8, 4) is 11.5 Å². The van der Waals surface area contributed by atoms with E-state index in [0.717, 1.165) is 82.7 Å². The van der Waals surface area contributed by atoms with Crippen molar-refractivity contribution >= 4 is 23.8 Å². The summed E-state index contributed by atoms with van der Waals surface area (Å²) in [4.78, 5) is 43.2. The molecule has 2 aromatic carbocycles. The number of carboxylic acid groups (broad SMARTS) is 2. The number of carboxylic acids is 2. The molecule has 0 spiro atoms. The number of aliphatic carboxylic acids is 2.